The predicted octanol–water partition coefficient (Wildman–Crippen LogP) is 2.92. The molecule has 0 aliphatic carbocycles. The van der Waals surface area contributed by atoms with Crippen LogP contribution in [0.5, 0.6) is 0 Å². The first-order valence-electron chi connectivity index (χ1n) is 9.23. The quantitative estimate of drug-likeness (QED) is 0.795. The lowest BCUT2D eigenvalue weighted by molar-refractivity contribution is -0.00977. The summed E-state index contributed by atoms with van der Waals surface area (Å²) < 4.78 is 0. The summed E-state index contributed by atoms with van der Waals surface area (Å²) in [5.41, 5.74) is 0.877. The van der Waals surface area contributed by atoms with Gasteiger partial charge in [0.2, 0.25) is 0 Å². The number of rotatable bonds is 7. The smallest absolute Gasteiger partial charge is 0.319 e. The maximum atomic E-state index is 12.0. The van der Waals surface area contributed by atoms with Crippen molar-refractivity contribution in [2.45, 2.75) is 32.7 Å². The molecule has 4 rings (SSSR count). The molecule has 134 valence electrons. The molecule has 2 bridgehead atoms. The average molecular weight is 351 g/mol. The van der Waals surface area contributed by atoms with Gasteiger partial charge < -0.3 is 15.5 Å². The van der Waals surface area contributed by atoms with Crippen LogP contribution in [-0.2, 0) is 0 Å². The zero-order valence-electron chi connectivity index (χ0n) is 14.8. The largest absolute Gasteiger partial charge is 0.336 e. The number of nitrogens with zero attached hydrogens (tertiary/aromatic N) is 2. The van der Waals surface area contributed by atoms with E-state index in [1.807, 2.05) is 16.8 Å². The van der Waals surface area contributed by atoms with Crippen molar-refractivity contribution in [3.63, 3.8) is 0 Å². The fraction of sp³-hybridized carbons (Fsp3) is 0.722. The molecule has 3 aliphatic heterocycles. The van der Waals surface area contributed by atoms with Crippen LogP contribution in [0.2, 0.25) is 0 Å². The molecular weight excluding hydrogens is 320 g/mol. The molecule has 3 saturated heterocycles. The second-order valence-corrected chi connectivity index (χ2v) is 7.81. The topological polar surface area (TPSA) is 47.6 Å². The van der Waals surface area contributed by atoms with E-state index in [4.69, 9.17) is 0 Å². The Morgan fingerprint density at radius 2 is 2.25 bits per heavy atom. The molecule has 0 aromatic carbocycles. The van der Waals surface area contributed by atoms with Crippen molar-refractivity contribution in [2.75, 3.05) is 44.6 Å². The molecule has 0 saturated carbocycles. The van der Waals surface area contributed by atoms with Crippen molar-refractivity contribution >= 4 is 23.1 Å². The first kappa shape index (κ1) is 17.7. The van der Waals surface area contributed by atoms with Gasteiger partial charge in [-0.2, -0.15) is 11.3 Å². The summed E-state index contributed by atoms with van der Waals surface area (Å²) in [6.07, 6.45) is 2.55. The minimum atomic E-state index is -0.0873. The minimum absolute atomic E-state index is 0.0873. The van der Waals surface area contributed by atoms with E-state index in [2.05, 4.69) is 34.3 Å². The van der Waals surface area contributed by atoms with Crippen molar-refractivity contribution in [1.82, 2.24) is 15.1 Å². The van der Waals surface area contributed by atoms with Crippen LogP contribution in [0.1, 0.15) is 26.7 Å². The SMILES string of the molecule is CCN(CC)CC1CN2CCC1CC2CNC(=O)Nc1ccsc1. The van der Waals surface area contributed by atoms with Gasteiger partial charge in [0.15, 0.2) is 0 Å². The molecule has 4 atom stereocenters. The van der Waals surface area contributed by atoms with Crippen LogP contribution in [0.3, 0.4) is 0 Å². The fourth-order valence-corrected chi connectivity index (χ4v) is 4.79. The predicted molar refractivity (Wildman–Crippen MR) is 101 cm³/mol. The summed E-state index contributed by atoms with van der Waals surface area (Å²) >= 11 is 1.59. The van der Waals surface area contributed by atoms with Gasteiger partial charge in [0.1, 0.15) is 0 Å². The number of thiophene rings is 1. The Morgan fingerprint density at radius 3 is 2.88 bits per heavy atom. The van der Waals surface area contributed by atoms with Gasteiger partial charge in [0.05, 0.1) is 5.69 Å². The standard InChI is InChI=1S/C18H30N4OS/c1-3-21(4-2)11-15-12-22-7-5-14(15)9-17(22)10-19-18(23)20-16-6-8-24-13-16/h6,8,13-15,17H,3-5,7,9-12H2,1-2H3,(H2,19,20,23). The number of amides is 2. The van der Waals surface area contributed by atoms with Crippen LogP contribution in [-0.4, -0.2) is 61.1 Å². The van der Waals surface area contributed by atoms with E-state index < -0.39 is 0 Å². The van der Waals surface area contributed by atoms with Gasteiger partial charge >= 0.3 is 6.03 Å². The van der Waals surface area contributed by atoms with Crippen LogP contribution in [0, 0.1) is 11.8 Å². The van der Waals surface area contributed by atoms with Crippen molar-refractivity contribution in [2.24, 2.45) is 11.8 Å². The Hall–Kier alpha value is -1.11. The summed E-state index contributed by atoms with van der Waals surface area (Å²) in [6.45, 7) is 11.2. The van der Waals surface area contributed by atoms with E-state index in [0.717, 1.165) is 37.2 Å². The zero-order chi connectivity index (χ0) is 16.9. The molecule has 4 unspecified atom stereocenters. The molecule has 1 aromatic heterocycles. The minimum Gasteiger partial charge on any atom is -0.336 e. The van der Waals surface area contributed by atoms with Crippen LogP contribution in [0.15, 0.2) is 16.8 Å². The molecule has 2 amide bonds. The highest BCUT2D eigenvalue weighted by molar-refractivity contribution is 7.08. The Labute approximate surface area is 149 Å². The van der Waals surface area contributed by atoms with Crippen LogP contribution in [0.4, 0.5) is 10.5 Å². The number of anilines is 1. The van der Waals surface area contributed by atoms with Crippen LogP contribution >= 0.6 is 11.3 Å². The number of carbonyl (C=O) groups excluding carboxylic acids is 1. The number of urea groups is 1. The maximum absolute atomic E-state index is 12.0. The summed E-state index contributed by atoms with van der Waals surface area (Å²) in [5, 5.41) is 9.86. The Kier molecular flexibility index (Phi) is 6.14. The Bertz CT molecular complexity index is 517. The van der Waals surface area contributed by atoms with E-state index in [1.54, 1.807) is 11.3 Å². The maximum Gasteiger partial charge on any atom is 0.319 e. The van der Waals surface area contributed by atoms with Gasteiger partial charge in [0.25, 0.3) is 0 Å². The van der Waals surface area contributed by atoms with Gasteiger partial charge in [-0.1, -0.05) is 13.8 Å². The van der Waals surface area contributed by atoms with Crippen molar-refractivity contribution in [1.29, 1.82) is 0 Å². The van der Waals surface area contributed by atoms with E-state index in [-0.39, 0.29) is 6.03 Å². The molecule has 0 radical (unpaired) electrons. The summed E-state index contributed by atoms with van der Waals surface area (Å²) in [7, 11) is 0. The molecule has 1 aromatic rings. The van der Waals surface area contributed by atoms with Gasteiger partial charge in [-0.05, 0) is 55.8 Å². The van der Waals surface area contributed by atoms with Gasteiger partial charge in [0, 0.05) is 31.1 Å². The zero-order valence-corrected chi connectivity index (χ0v) is 15.6. The molecule has 24 heavy (non-hydrogen) atoms. The summed E-state index contributed by atoms with van der Waals surface area (Å²) in [6, 6.07) is 2.34. The lowest BCUT2D eigenvalue weighted by Crippen LogP contribution is -2.58. The highest BCUT2D eigenvalue weighted by Crippen LogP contribution is 2.36. The lowest BCUT2D eigenvalue weighted by atomic mass is 9.75. The van der Waals surface area contributed by atoms with E-state index in [9.17, 15) is 4.79 Å². The number of carbonyl (C=O) groups is 1. The normalized spacial score (nSPS) is 29.0. The number of nitrogens with one attached hydrogen (secondary N) is 2. The van der Waals surface area contributed by atoms with Crippen molar-refractivity contribution in [3.05, 3.63) is 16.8 Å². The highest BCUT2D eigenvalue weighted by atomic mass is 32.1. The van der Waals surface area contributed by atoms with Gasteiger partial charge in [-0.25, -0.2) is 4.79 Å². The van der Waals surface area contributed by atoms with Crippen molar-refractivity contribution < 1.29 is 4.79 Å². The second-order valence-electron chi connectivity index (χ2n) is 7.03. The molecule has 4 heterocycles. The Balaban J connectivity index is 1.45. The first-order chi connectivity index (χ1) is 11.7. The number of fused-ring (bicyclic) bond motifs is 3. The third-order valence-corrected chi connectivity index (χ3v) is 6.36. The van der Waals surface area contributed by atoms with Gasteiger partial charge in [-0.15, -0.1) is 0 Å². The van der Waals surface area contributed by atoms with Crippen LogP contribution in [0.25, 0.3) is 0 Å². The summed E-state index contributed by atoms with van der Waals surface area (Å²) in [4.78, 5) is 17.1. The van der Waals surface area contributed by atoms with E-state index >= 15 is 0 Å². The number of hydrogen-bond acceptors (Lipinski definition) is 4. The fourth-order valence-electron chi connectivity index (χ4n) is 4.20. The molecule has 3 fully saturated rings. The van der Waals surface area contributed by atoms with Gasteiger partial charge in [-0.3, -0.25) is 4.90 Å². The van der Waals surface area contributed by atoms with E-state index in [1.165, 1.54) is 32.5 Å². The van der Waals surface area contributed by atoms with Crippen LogP contribution < -0.4 is 10.6 Å². The first-order valence-corrected chi connectivity index (χ1v) is 10.2. The molecule has 2 N–H and O–H groups in total. The lowest BCUT2D eigenvalue weighted by Gasteiger charge is -2.50. The number of piperidine rings is 3. The van der Waals surface area contributed by atoms with E-state index in [0.29, 0.717) is 6.04 Å². The third kappa shape index (κ3) is 4.29. The van der Waals surface area contributed by atoms with Crippen molar-refractivity contribution in [3.8, 4) is 0 Å². The molecular formula is C18H30N4OS. The second kappa shape index (κ2) is 8.32. The third-order valence-electron chi connectivity index (χ3n) is 5.68. The summed E-state index contributed by atoms with van der Waals surface area (Å²) in [5.74, 6) is 1.62. The highest BCUT2D eigenvalue weighted by Gasteiger charge is 2.40. The average Bonchev–Trinajstić information content (AvgIpc) is 3.11. The number of hydrogen-bond donors (Lipinski definition) is 2. The molecule has 3 aliphatic rings. The molecule has 6 heteroatoms. The molecule has 5 nitrogen and oxygen atoms in total. The Morgan fingerprint density at radius 1 is 1.42 bits per heavy atom. The monoisotopic (exact) mass is 350 g/mol. The molecule has 0 spiro atoms.